The van der Waals surface area contributed by atoms with Crippen LogP contribution < -0.4 is 9.62 Å². The molecule has 2 aromatic rings. The highest BCUT2D eigenvalue weighted by molar-refractivity contribution is 7.92. The molecule has 1 aliphatic rings. The van der Waals surface area contributed by atoms with Gasteiger partial charge in [-0.3, -0.25) is 9.10 Å². The fraction of sp³-hybridized carbons (Fsp3) is 0.381. The van der Waals surface area contributed by atoms with E-state index in [0.717, 1.165) is 24.8 Å². The van der Waals surface area contributed by atoms with E-state index in [1.807, 2.05) is 30.3 Å². The minimum Gasteiger partial charge on any atom is -0.391 e. The zero-order valence-corrected chi connectivity index (χ0v) is 16.7. The van der Waals surface area contributed by atoms with E-state index in [1.54, 1.807) is 24.3 Å². The molecular weight excluding hydrogens is 376 g/mol. The summed E-state index contributed by atoms with van der Waals surface area (Å²) < 4.78 is 25.9. The van der Waals surface area contributed by atoms with Gasteiger partial charge in [0, 0.05) is 5.56 Å². The van der Waals surface area contributed by atoms with Gasteiger partial charge >= 0.3 is 0 Å². The Hall–Kier alpha value is -2.38. The monoisotopic (exact) mass is 402 g/mol. The van der Waals surface area contributed by atoms with Crippen LogP contribution >= 0.6 is 0 Å². The molecule has 0 aromatic heterocycles. The van der Waals surface area contributed by atoms with Gasteiger partial charge in [0.2, 0.25) is 10.0 Å². The van der Waals surface area contributed by atoms with Gasteiger partial charge in [-0.1, -0.05) is 43.2 Å². The molecule has 3 rings (SSSR count). The highest BCUT2D eigenvalue weighted by atomic mass is 32.2. The Bertz CT molecular complexity index is 898. The van der Waals surface area contributed by atoms with Crippen LogP contribution in [0.4, 0.5) is 5.69 Å². The third-order valence-corrected chi connectivity index (χ3v) is 6.17. The van der Waals surface area contributed by atoms with Crippen LogP contribution in [0.3, 0.4) is 0 Å². The predicted molar refractivity (Wildman–Crippen MR) is 110 cm³/mol. The zero-order chi connectivity index (χ0) is 20.1. The molecule has 0 heterocycles. The first kappa shape index (κ1) is 20.4. The Morgan fingerprint density at radius 3 is 2.32 bits per heavy atom. The molecule has 0 saturated heterocycles. The van der Waals surface area contributed by atoms with E-state index in [0.29, 0.717) is 17.7 Å². The summed E-state index contributed by atoms with van der Waals surface area (Å²) in [6.45, 7) is 0.222. The van der Waals surface area contributed by atoms with Crippen LogP contribution in [0.5, 0.6) is 0 Å². The Labute approximate surface area is 166 Å². The summed E-state index contributed by atoms with van der Waals surface area (Å²) in [4.78, 5) is 12.5. The maximum Gasteiger partial charge on any atom is 0.251 e. The molecule has 7 heteroatoms. The van der Waals surface area contributed by atoms with Gasteiger partial charge in [0.15, 0.2) is 0 Å². The molecule has 2 atom stereocenters. The van der Waals surface area contributed by atoms with Crippen LogP contribution in [0.2, 0.25) is 0 Å². The second-order valence-electron chi connectivity index (χ2n) is 7.23. The number of nitrogens with zero attached hydrogens (tertiary/aromatic N) is 1. The maximum absolute atomic E-state index is 12.5. The number of carbonyl (C=O) groups excluding carboxylic acids is 1. The molecule has 28 heavy (non-hydrogen) atoms. The summed E-state index contributed by atoms with van der Waals surface area (Å²) in [6, 6.07) is 15.6. The Morgan fingerprint density at radius 1 is 1.07 bits per heavy atom. The van der Waals surface area contributed by atoms with Gasteiger partial charge in [-0.2, -0.15) is 0 Å². The molecule has 0 unspecified atom stereocenters. The van der Waals surface area contributed by atoms with E-state index in [2.05, 4.69) is 5.32 Å². The average Bonchev–Trinajstić information content (AvgIpc) is 2.68. The number of carbonyl (C=O) groups is 1. The van der Waals surface area contributed by atoms with E-state index < -0.39 is 16.1 Å². The number of hydrogen-bond donors (Lipinski definition) is 2. The minimum absolute atomic E-state index is 0.222. The van der Waals surface area contributed by atoms with Crippen LogP contribution in [0.1, 0.15) is 41.6 Å². The summed E-state index contributed by atoms with van der Waals surface area (Å²) in [5.41, 5.74) is 1.82. The number of rotatable bonds is 6. The quantitative estimate of drug-likeness (QED) is 0.778. The lowest BCUT2D eigenvalue weighted by molar-refractivity contribution is 0.0717. The van der Waals surface area contributed by atoms with Crippen LogP contribution in [-0.2, 0) is 16.6 Å². The second kappa shape index (κ2) is 8.75. The van der Waals surface area contributed by atoms with E-state index in [-0.39, 0.29) is 18.5 Å². The number of nitrogens with one attached hydrogen (secondary N) is 1. The smallest absolute Gasteiger partial charge is 0.251 e. The molecule has 150 valence electrons. The van der Waals surface area contributed by atoms with Gasteiger partial charge in [0.25, 0.3) is 5.91 Å². The van der Waals surface area contributed by atoms with Crippen LogP contribution in [0, 0.1) is 0 Å². The molecular formula is C21H26N2O4S. The summed E-state index contributed by atoms with van der Waals surface area (Å²) in [5.74, 6) is -0.258. The Balaban J connectivity index is 1.74. The summed E-state index contributed by atoms with van der Waals surface area (Å²) in [6.07, 6.45) is 4.09. The first-order chi connectivity index (χ1) is 13.3. The standard InChI is InChI=1S/C21H26N2O4S/c1-28(26,27)23(15-16-7-3-2-4-8-16)18-13-11-17(12-14-18)21(25)22-19-9-5-6-10-20(19)24/h2-4,7-8,11-14,19-20,24H,5-6,9-10,15H2,1H3,(H,22,25)/t19-,20+/m1/s1. The minimum atomic E-state index is -3.48. The van der Waals surface area contributed by atoms with Crippen molar-refractivity contribution in [1.82, 2.24) is 5.32 Å². The molecule has 0 bridgehead atoms. The molecule has 1 fully saturated rings. The third kappa shape index (κ3) is 5.11. The number of benzene rings is 2. The van der Waals surface area contributed by atoms with Gasteiger partial charge in [-0.25, -0.2) is 8.42 Å². The topological polar surface area (TPSA) is 86.7 Å². The van der Waals surface area contributed by atoms with Crippen LogP contribution in [0.15, 0.2) is 54.6 Å². The van der Waals surface area contributed by atoms with Crippen molar-refractivity contribution in [1.29, 1.82) is 0 Å². The van der Waals surface area contributed by atoms with E-state index >= 15 is 0 Å². The number of aliphatic hydroxyl groups is 1. The SMILES string of the molecule is CS(=O)(=O)N(Cc1ccccc1)c1ccc(C(=O)N[C@@H]2CCCC[C@@H]2O)cc1. The van der Waals surface area contributed by atoms with Crippen molar-refractivity contribution >= 4 is 21.6 Å². The molecule has 0 aliphatic heterocycles. The lowest BCUT2D eigenvalue weighted by atomic mass is 9.92. The Kier molecular flexibility index (Phi) is 6.36. The zero-order valence-electron chi connectivity index (χ0n) is 15.9. The van der Waals surface area contributed by atoms with Crippen molar-refractivity contribution in [2.45, 2.75) is 44.4 Å². The summed E-state index contributed by atoms with van der Waals surface area (Å²) in [7, 11) is -3.48. The van der Waals surface area contributed by atoms with Crippen molar-refractivity contribution in [3.05, 3.63) is 65.7 Å². The largest absolute Gasteiger partial charge is 0.391 e. The molecule has 2 aromatic carbocycles. The highest BCUT2D eigenvalue weighted by Crippen LogP contribution is 2.22. The maximum atomic E-state index is 12.5. The number of sulfonamides is 1. The van der Waals surface area contributed by atoms with Crippen molar-refractivity contribution < 1.29 is 18.3 Å². The third-order valence-electron chi connectivity index (χ3n) is 5.03. The molecule has 6 nitrogen and oxygen atoms in total. The van der Waals surface area contributed by atoms with Gasteiger partial charge in [0.1, 0.15) is 0 Å². The van der Waals surface area contributed by atoms with Gasteiger partial charge in [-0.05, 0) is 42.7 Å². The average molecular weight is 403 g/mol. The van der Waals surface area contributed by atoms with Gasteiger partial charge in [-0.15, -0.1) is 0 Å². The molecule has 1 amide bonds. The van der Waals surface area contributed by atoms with Gasteiger partial charge in [0.05, 0.1) is 30.6 Å². The number of amides is 1. The van der Waals surface area contributed by atoms with Crippen molar-refractivity contribution in [3.63, 3.8) is 0 Å². The fourth-order valence-corrected chi connectivity index (χ4v) is 4.35. The first-order valence-corrected chi connectivity index (χ1v) is 11.3. The van der Waals surface area contributed by atoms with E-state index in [9.17, 15) is 18.3 Å². The normalized spacial score (nSPS) is 19.8. The van der Waals surface area contributed by atoms with Crippen molar-refractivity contribution in [2.75, 3.05) is 10.6 Å². The molecule has 1 saturated carbocycles. The lowest BCUT2D eigenvalue weighted by Gasteiger charge is -2.28. The van der Waals surface area contributed by atoms with E-state index in [4.69, 9.17) is 0 Å². The fourth-order valence-electron chi connectivity index (χ4n) is 3.46. The lowest BCUT2D eigenvalue weighted by Crippen LogP contribution is -2.45. The summed E-state index contributed by atoms with van der Waals surface area (Å²) in [5, 5.41) is 12.9. The molecule has 0 spiro atoms. The second-order valence-corrected chi connectivity index (χ2v) is 9.14. The van der Waals surface area contributed by atoms with Crippen molar-refractivity contribution in [3.8, 4) is 0 Å². The molecule has 2 N–H and O–H groups in total. The molecule has 0 radical (unpaired) electrons. The van der Waals surface area contributed by atoms with Crippen molar-refractivity contribution in [2.24, 2.45) is 0 Å². The first-order valence-electron chi connectivity index (χ1n) is 9.45. The number of anilines is 1. The number of hydrogen-bond acceptors (Lipinski definition) is 4. The molecule has 1 aliphatic carbocycles. The van der Waals surface area contributed by atoms with Crippen LogP contribution in [-0.4, -0.2) is 37.8 Å². The van der Waals surface area contributed by atoms with Gasteiger partial charge < -0.3 is 10.4 Å². The Morgan fingerprint density at radius 2 is 1.71 bits per heavy atom. The predicted octanol–water partition coefficient (Wildman–Crippen LogP) is 2.69. The number of aliphatic hydroxyl groups excluding tert-OH is 1. The van der Waals surface area contributed by atoms with Crippen LogP contribution in [0.25, 0.3) is 0 Å². The summed E-state index contributed by atoms with van der Waals surface area (Å²) >= 11 is 0. The van der Waals surface area contributed by atoms with E-state index in [1.165, 1.54) is 10.6 Å². The highest BCUT2D eigenvalue weighted by Gasteiger charge is 2.25.